The van der Waals surface area contributed by atoms with Gasteiger partial charge in [0.2, 0.25) is 0 Å². The van der Waals surface area contributed by atoms with Crippen LogP contribution in [0.4, 0.5) is 0 Å². The van der Waals surface area contributed by atoms with Crippen molar-refractivity contribution >= 4 is 11.9 Å². The molecule has 0 N–H and O–H groups in total. The number of methoxy groups -OCH3 is 1. The molecule has 0 atom stereocenters. The molecule has 0 fully saturated rings. The van der Waals surface area contributed by atoms with Crippen LogP contribution >= 0.6 is 0 Å². The molecule has 0 heterocycles. The molecule has 72 valence electrons. The Hall–Kier alpha value is -1.57. The molecule has 1 aromatic rings. The molecule has 2 rings (SSSR count). The summed E-state index contributed by atoms with van der Waals surface area (Å²) >= 11 is 0. The summed E-state index contributed by atoms with van der Waals surface area (Å²) in [5.41, 5.74) is 3.19. The smallest absolute Gasteiger partial charge is 0.156 e. The molecular weight excluding hydrogens is 176 g/mol. The van der Waals surface area contributed by atoms with Crippen molar-refractivity contribution in [2.45, 2.75) is 13.3 Å². The number of rotatable bonds is 2. The van der Waals surface area contributed by atoms with E-state index in [1.54, 1.807) is 14.0 Å². The highest BCUT2D eigenvalue weighted by Gasteiger charge is 2.15. The number of allylic oxidation sites excluding steroid dienone is 1. The molecule has 0 unspecified atom stereocenters. The fourth-order valence-electron chi connectivity index (χ4n) is 1.67. The van der Waals surface area contributed by atoms with Gasteiger partial charge in [0.15, 0.2) is 5.78 Å². The molecule has 0 spiro atoms. The maximum atomic E-state index is 11.2. The van der Waals surface area contributed by atoms with Crippen LogP contribution in [0.25, 0.3) is 6.08 Å². The van der Waals surface area contributed by atoms with Crippen LogP contribution < -0.4 is 4.74 Å². The fourth-order valence-corrected chi connectivity index (χ4v) is 1.67. The maximum Gasteiger partial charge on any atom is 0.156 e. The van der Waals surface area contributed by atoms with Gasteiger partial charge in [0.25, 0.3) is 0 Å². The molecule has 0 saturated heterocycles. The molecule has 1 aromatic carbocycles. The van der Waals surface area contributed by atoms with Gasteiger partial charge in [-0.2, -0.15) is 0 Å². The topological polar surface area (TPSA) is 26.3 Å². The Morgan fingerprint density at radius 2 is 2.21 bits per heavy atom. The third-order valence-electron chi connectivity index (χ3n) is 2.52. The number of Topliss-reactive ketones (excluding diaryl/α,β-unsaturated/α-hetero) is 1. The van der Waals surface area contributed by atoms with E-state index in [-0.39, 0.29) is 5.78 Å². The monoisotopic (exact) mass is 188 g/mol. The minimum atomic E-state index is 0.153. The maximum absolute atomic E-state index is 11.2. The van der Waals surface area contributed by atoms with E-state index in [1.807, 2.05) is 24.3 Å². The summed E-state index contributed by atoms with van der Waals surface area (Å²) < 4.78 is 5.12. The van der Waals surface area contributed by atoms with Crippen molar-refractivity contribution in [2.75, 3.05) is 7.11 Å². The van der Waals surface area contributed by atoms with Gasteiger partial charge < -0.3 is 4.74 Å². The van der Waals surface area contributed by atoms with Crippen molar-refractivity contribution in [3.63, 3.8) is 0 Å². The van der Waals surface area contributed by atoms with Crippen LogP contribution in [0, 0.1) is 0 Å². The predicted octanol–water partition coefficient (Wildman–Crippen LogP) is 2.22. The number of ether oxygens (including phenoxy) is 1. The van der Waals surface area contributed by atoms with Crippen LogP contribution in [0.3, 0.4) is 0 Å². The zero-order valence-electron chi connectivity index (χ0n) is 8.33. The summed E-state index contributed by atoms with van der Waals surface area (Å²) in [7, 11) is 1.65. The minimum Gasteiger partial charge on any atom is -0.497 e. The second-order valence-corrected chi connectivity index (χ2v) is 3.47. The van der Waals surface area contributed by atoms with Gasteiger partial charge in [0, 0.05) is 6.42 Å². The molecule has 1 aliphatic carbocycles. The molecule has 1 aliphatic rings. The molecule has 2 heteroatoms. The van der Waals surface area contributed by atoms with Gasteiger partial charge in [-0.1, -0.05) is 6.07 Å². The van der Waals surface area contributed by atoms with Crippen molar-refractivity contribution in [3.8, 4) is 5.75 Å². The molecule has 0 radical (unpaired) electrons. The largest absolute Gasteiger partial charge is 0.497 e. The Balaban J connectivity index is 2.39. The third-order valence-corrected chi connectivity index (χ3v) is 2.52. The molecular formula is C12H12O2. The van der Waals surface area contributed by atoms with E-state index in [0.29, 0.717) is 0 Å². The highest BCUT2D eigenvalue weighted by atomic mass is 16.5. The summed E-state index contributed by atoms with van der Waals surface area (Å²) in [6, 6.07) is 5.90. The average molecular weight is 188 g/mol. The number of benzene rings is 1. The van der Waals surface area contributed by atoms with Crippen LogP contribution in [-0.2, 0) is 11.2 Å². The standard InChI is InChI=1S/C12H12O2/c1-8(13)10-5-9-3-4-12(14-2)7-11(9)6-10/h3-4,6-7H,5H2,1-2H3. The first kappa shape index (κ1) is 9.00. The summed E-state index contributed by atoms with van der Waals surface area (Å²) in [4.78, 5) is 11.2. The summed E-state index contributed by atoms with van der Waals surface area (Å²) in [5.74, 6) is 0.991. The van der Waals surface area contributed by atoms with Gasteiger partial charge in [0.05, 0.1) is 7.11 Å². The second kappa shape index (κ2) is 3.29. The molecule has 2 nitrogen and oxygen atoms in total. The average Bonchev–Trinajstić information content (AvgIpc) is 2.59. The highest BCUT2D eigenvalue weighted by Crippen LogP contribution is 2.28. The van der Waals surface area contributed by atoms with Crippen molar-refractivity contribution < 1.29 is 9.53 Å². The number of ketones is 1. The molecule has 0 aliphatic heterocycles. The second-order valence-electron chi connectivity index (χ2n) is 3.47. The normalized spacial score (nSPS) is 13.4. The van der Waals surface area contributed by atoms with Crippen LogP contribution in [0.15, 0.2) is 23.8 Å². The number of carbonyl (C=O) groups is 1. The first-order valence-electron chi connectivity index (χ1n) is 4.59. The first-order chi connectivity index (χ1) is 6.70. The van der Waals surface area contributed by atoms with Crippen LogP contribution in [0.1, 0.15) is 18.1 Å². The molecule has 0 aromatic heterocycles. The van der Waals surface area contributed by atoms with E-state index in [1.165, 1.54) is 5.56 Å². The van der Waals surface area contributed by atoms with E-state index >= 15 is 0 Å². The van der Waals surface area contributed by atoms with Gasteiger partial charge in [-0.15, -0.1) is 0 Å². The number of hydrogen-bond donors (Lipinski definition) is 0. The fraction of sp³-hybridized carbons (Fsp3) is 0.250. The SMILES string of the molecule is COc1ccc2c(c1)C=C(C(C)=O)C2. The number of carbonyl (C=O) groups excluding carboxylic acids is 1. The Labute approximate surface area is 83.2 Å². The van der Waals surface area contributed by atoms with E-state index in [0.717, 1.165) is 23.3 Å². The van der Waals surface area contributed by atoms with Crippen LogP contribution in [0.2, 0.25) is 0 Å². The van der Waals surface area contributed by atoms with Gasteiger partial charge in [-0.05, 0) is 41.8 Å². The summed E-state index contributed by atoms with van der Waals surface area (Å²) in [6.07, 6.45) is 2.70. The van der Waals surface area contributed by atoms with Crippen LogP contribution in [-0.4, -0.2) is 12.9 Å². The predicted molar refractivity (Wildman–Crippen MR) is 55.4 cm³/mol. The van der Waals surface area contributed by atoms with Crippen molar-refractivity contribution in [1.82, 2.24) is 0 Å². The van der Waals surface area contributed by atoms with Gasteiger partial charge >= 0.3 is 0 Å². The lowest BCUT2D eigenvalue weighted by Crippen LogP contribution is -1.95. The Morgan fingerprint density at radius 3 is 2.86 bits per heavy atom. The van der Waals surface area contributed by atoms with Crippen LogP contribution in [0.5, 0.6) is 5.75 Å². The van der Waals surface area contributed by atoms with E-state index in [9.17, 15) is 4.79 Å². The zero-order chi connectivity index (χ0) is 10.1. The first-order valence-corrected chi connectivity index (χ1v) is 4.59. The highest BCUT2D eigenvalue weighted by molar-refractivity contribution is 6.00. The van der Waals surface area contributed by atoms with Gasteiger partial charge in [-0.3, -0.25) is 4.79 Å². The molecule has 0 amide bonds. The lowest BCUT2D eigenvalue weighted by atomic mass is 10.1. The van der Waals surface area contributed by atoms with Crippen molar-refractivity contribution in [2.24, 2.45) is 0 Å². The zero-order valence-corrected chi connectivity index (χ0v) is 8.33. The summed E-state index contributed by atoms with van der Waals surface area (Å²) in [6.45, 7) is 1.61. The molecule has 0 saturated carbocycles. The minimum absolute atomic E-state index is 0.153. The quantitative estimate of drug-likeness (QED) is 0.711. The lowest BCUT2D eigenvalue weighted by molar-refractivity contribution is -0.113. The Bertz CT molecular complexity index is 416. The van der Waals surface area contributed by atoms with Crippen molar-refractivity contribution in [3.05, 3.63) is 34.9 Å². The Morgan fingerprint density at radius 1 is 1.43 bits per heavy atom. The van der Waals surface area contributed by atoms with Gasteiger partial charge in [-0.25, -0.2) is 0 Å². The number of hydrogen-bond acceptors (Lipinski definition) is 2. The Kier molecular flexibility index (Phi) is 2.12. The van der Waals surface area contributed by atoms with E-state index in [4.69, 9.17) is 4.74 Å². The molecule has 14 heavy (non-hydrogen) atoms. The van der Waals surface area contributed by atoms with E-state index < -0.39 is 0 Å². The molecule has 0 bridgehead atoms. The van der Waals surface area contributed by atoms with Gasteiger partial charge in [0.1, 0.15) is 5.75 Å². The van der Waals surface area contributed by atoms with E-state index in [2.05, 4.69) is 0 Å². The number of fused-ring (bicyclic) bond motifs is 1. The lowest BCUT2D eigenvalue weighted by Gasteiger charge is -2.02. The van der Waals surface area contributed by atoms with Crippen molar-refractivity contribution in [1.29, 1.82) is 0 Å². The third kappa shape index (κ3) is 1.43. The summed E-state index contributed by atoms with van der Waals surface area (Å²) in [5, 5.41) is 0.